The molecule has 33 heavy (non-hydrogen) atoms. The molecule has 0 aliphatic rings. The van der Waals surface area contributed by atoms with Crippen LogP contribution in [0.3, 0.4) is 0 Å². The first-order valence-electron chi connectivity index (χ1n) is 11.1. The number of hydrogen-bond donors (Lipinski definition) is 0. The summed E-state index contributed by atoms with van der Waals surface area (Å²) in [5.74, 6) is -0.707. The van der Waals surface area contributed by atoms with Crippen LogP contribution in [0.4, 0.5) is 10.1 Å². The maximum absolute atomic E-state index is 13.9. The maximum Gasteiger partial charge on any atom is 0.273 e. The minimum Gasteiger partial charge on any atom is -0.490 e. The SMILES string of the molecule is CC(C)(C)[Si](OCCCCOc1cc([N+](=O)[O-])ccc1F)(c1ccccc1)c1ccccc1. The van der Waals surface area contributed by atoms with Gasteiger partial charge < -0.3 is 9.16 Å². The summed E-state index contributed by atoms with van der Waals surface area (Å²) in [5.41, 5.74) is -0.193. The Hall–Kier alpha value is -3.03. The minimum absolute atomic E-state index is 0.0989. The van der Waals surface area contributed by atoms with E-state index in [9.17, 15) is 14.5 Å². The van der Waals surface area contributed by atoms with Gasteiger partial charge in [0, 0.05) is 12.7 Å². The lowest BCUT2D eigenvalue weighted by Gasteiger charge is -2.43. The molecule has 0 fully saturated rings. The molecule has 0 aliphatic heterocycles. The molecular weight excluding hydrogens is 437 g/mol. The molecule has 0 unspecified atom stereocenters. The van der Waals surface area contributed by atoms with Gasteiger partial charge in [-0.15, -0.1) is 0 Å². The second-order valence-electron chi connectivity index (χ2n) is 8.94. The van der Waals surface area contributed by atoms with Crippen LogP contribution < -0.4 is 15.1 Å². The number of nitrogens with zero attached hydrogens (tertiary/aromatic N) is 1. The molecule has 0 aliphatic carbocycles. The topological polar surface area (TPSA) is 61.6 Å². The number of halogens is 1. The summed E-state index contributed by atoms with van der Waals surface area (Å²) in [6.45, 7) is 7.48. The Morgan fingerprint density at radius 3 is 1.94 bits per heavy atom. The molecule has 174 valence electrons. The minimum atomic E-state index is -2.58. The van der Waals surface area contributed by atoms with Crippen molar-refractivity contribution in [2.45, 2.75) is 38.7 Å². The lowest BCUT2D eigenvalue weighted by atomic mass is 10.2. The van der Waals surface area contributed by atoms with E-state index in [2.05, 4.69) is 69.3 Å². The van der Waals surface area contributed by atoms with Crippen LogP contribution in [0.1, 0.15) is 33.6 Å². The quantitative estimate of drug-likeness (QED) is 0.172. The summed E-state index contributed by atoms with van der Waals surface area (Å²) in [5, 5.41) is 13.2. The van der Waals surface area contributed by atoms with Crippen molar-refractivity contribution < 1.29 is 18.5 Å². The van der Waals surface area contributed by atoms with Crippen LogP contribution in [0.15, 0.2) is 78.9 Å². The second-order valence-corrected chi connectivity index (χ2v) is 13.2. The molecule has 0 atom stereocenters. The lowest BCUT2D eigenvalue weighted by Crippen LogP contribution is -2.66. The number of nitro benzene ring substituents is 1. The van der Waals surface area contributed by atoms with Crippen molar-refractivity contribution in [1.29, 1.82) is 0 Å². The molecule has 0 amide bonds. The van der Waals surface area contributed by atoms with E-state index in [4.69, 9.17) is 9.16 Å². The number of benzene rings is 3. The average Bonchev–Trinajstić information content (AvgIpc) is 2.80. The van der Waals surface area contributed by atoms with Gasteiger partial charge in [-0.2, -0.15) is 0 Å². The smallest absolute Gasteiger partial charge is 0.273 e. The lowest BCUT2D eigenvalue weighted by molar-refractivity contribution is -0.385. The van der Waals surface area contributed by atoms with Gasteiger partial charge in [0.2, 0.25) is 0 Å². The molecule has 0 radical (unpaired) electrons. The van der Waals surface area contributed by atoms with Gasteiger partial charge in [-0.05, 0) is 34.3 Å². The van der Waals surface area contributed by atoms with Crippen LogP contribution in [0.5, 0.6) is 5.75 Å². The number of hydrogen-bond acceptors (Lipinski definition) is 4. The van der Waals surface area contributed by atoms with Crippen molar-refractivity contribution >= 4 is 24.4 Å². The Labute approximate surface area is 195 Å². The molecule has 5 nitrogen and oxygen atoms in total. The van der Waals surface area contributed by atoms with Gasteiger partial charge in [0.05, 0.1) is 17.6 Å². The number of rotatable bonds is 10. The highest BCUT2D eigenvalue weighted by Gasteiger charge is 2.49. The largest absolute Gasteiger partial charge is 0.490 e. The molecule has 0 heterocycles. The highest BCUT2D eigenvalue weighted by atomic mass is 28.4. The standard InChI is InChI=1S/C26H30FNO4Si/c1-26(2,3)33(22-12-6-4-7-13-22,23-14-8-5-9-15-23)32-19-11-10-18-31-25-20-21(28(29)30)16-17-24(25)27/h4-9,12-17,20H,10-11,18-19H2,1-3H3. The van der Waals surface area contributed by atoms with Crippen molar-refractivity contribution in [3.63, 3.8) is 0 Å². The molecule has 3 rings (SSSR count). The molecular formula is C26H30FNO4Si. The van der Waals surface area contributed by atoms with Crippen LogP contribution in [-0.4, -0.2) is 26.5 Å². The van der Waals surface area contributed by atoms with Crippen LogP contribution in [0.2, 0.25) is 5.04 Å². The Bertz CT molecular complexity index is 1020. The fourth-order valence-electron chi connectivity index (χ4n) is 4.09. The van der Waals surface area contributed by atoms with Gasteiger partial charge in [0.15, 0.2) is 11.6 Å². The van der Waals surface area contributed by atoms with E-state index in [0.717, 1.165) is 24.6 Å². The predicted molar refractivity (Wildman–Crippen MR) is 131 cm³/mol. The first-order chi connectivity index (χ1) is 15.8. The number of unbranched alkanes of at least 4 members (excludes halogenated alkanes) is 1. The third kappa shape index (κ3) is 5.67. The summed E-state index contributed by atoms with van der Waals surface area (Å²) in [6, 6.07) is 24.1. The van der Waals surface area contributed by atoms with Crippen molar-refractivity contribution in [1.82, 2.24) is 0 Å². The van der Waals surface area contributed by atoms with Crippen LogP contribution in [0, 0.1) is 15.9 Å². The highest BCUT2D eigenvalue weighted by Crippen LogP contribution is 2.36. The maximum atomic E-state index is 13.9. The third-order valence-corrected chi connectivity index (χ3v) is 10.7. The molecule has 0 saturated heterocycles. The average molecular weight is 468 g/mol. The molecule has 0 aromatic heterocycles. The van der Waals surface area contributed by atoms with E-state index in [1.807, 2.05) is 12.1 Å². The van der Waals surface area contributed by atoms with Crippen molar-refractivity contribution in [2.75, 3.05) is 13.2 Å². The number of ether oxygens (including phenoxy) is 1. The van der Waals surface area contributed by atoms with E-state index < -0.39 is 19.1 Å². The van der Waals surface area contributed by atoms with Crippen LogP contribution in [0.25, 0.3) is 0 Å². The van der Waals surface area contributed by atoms with E-state index >= 15 is 0 Å². The fourth-order valence-corrected chi connectivity index (χ4v) is 8.70. The second kappa shape index (κ2) is 10.7. The molecule has 3 aromatic rings. The van der Waals surface area contributed by atoms with E-state index in [0.29, 0.717) is 13.0 Å². The Balaban J connectivity index is 1.69. The van der Waals surface area contributed by atoms with E-state index in [1.165, 1.54) is 10.4 Å². The Kier molecular flexibility index (Phi) is 8.00. The molecule has 0 saturated carbocycles. The highest BCUT2D eigenvalue weighted by molar-refractivity contribution is 6.99. The van der Waals surface area contributed by atoms with Gasteiger partial charge in [-0.3, -0.25) is 10.1 Å². The fraction of sp³-hybridized carbons (Fsp3) is 0.308. The van der Waals surface area contributed by atoms with Crippen LogP contribution in [-0.2, 0) is 4.43 Å². The summed E-state index contributed by atoms with van der Waals surface area (Å²) >= 11 is 0. The monoisotopic (exact) mass is 467 g/mol. The van der Waals surface area contributed by atoms with Crippen molar-refractivity contribution in [3.8, 4) is 5.75 Å². The zero-order chi connectivity index (χ0) is 23.9. The summed E-state index contributed by atoms with van der Waals surface area (Å²) < 4.78 is 26.2. The number of non-ortho nitro benzene ring substituents is 1. The number of nitro groups is 1. The Morgan fingerprint density at radius 1 is 0.879 bits per heavy atom. The molecule has 0 bridgehead atoms. The Morgan fingerprint density at radius 2 is 1.42 bits per heavy atom. The molecule has 0 spiro atoms. The first-order valence-corrected chi connectivity index (χ1v) is 13.0. The summed E-state index contributed by atoms with van der Waals surface area (Å²) in [6.07, 6.45) is 1.36. The van der Waals surface area contributed by atoms with Gasteiger partial charge in [-0.1, -0.05) is 81.4 Å². The van der Waals surface area contributed by atoms with Gasteiger partial charge >= 0.3 is 0 Å². The van der Waals surface area contributed by atoms with Crippen molar-refractivity contribution in [3.05, 3.63) is 94.8 Å². The van der Waals surface area contributed by atoms with Crippen LogP contribution >= 0.6 is 0 Å². The van der Waals surface area contributed by atoms with Gasteiger partial charge in [-0.25, -0.2) is 4.39 Å². The first kappa shape index (κ1) is 24.6. The molecule has 0 N–H and O–H groups in total. The van der Waals surface area contributed by atoms with Gasteiger partial charge in [0.25, 0.3) is 14.0 Å². The predicted octanol–water partition coefficient (Wildman–Crippen LogP) is 5.47. The summed E-state index contributed by atoms with van der Waals surface area (Å²) in [4.78, 5) is 10.3. The van der Waals surface area contributed by atoms with Crippen molar-refractivity contribution in [2.24, 2.45) is 0 Å². The molecule has 3 aromatic carbocycles. The third-order valence-electron chi connectivity index (χ3n) is 5.66. The zero-order valence-corrected chi connectivity index (χ0v) is 20.3. The van der Waals surface area contributed by atoms with Gasteiger partial charge in [0.1, 0.15) is 0 Å². The summed E-state index contributed by atoms with van der Waals surface area (Å²) in [7, 11) is -2.58. The molecule has 7 heteroatoms. The van der Waals surface area contributed by atoms with E-state index in [1.54, 1.807) is 0 Å². The van der Waals surface area contributed by atoms with E-state index in [-0.39, 0.29) is 23.1 Å². The normalized spacial score (nSPS) is 11.9. The zero-order valence-electron chi connectivity index (χ0n) is 19.3.